The Balaban J connectivity index is 1.58. The van der Waals surface area contributed by atoms with E-state index in [4.69, 9.17) is 13.9 Å². The van der Waals surface area contributed by atoms with E-state index < -0.39 is 11.6 Å². The van der Waals surface area contributed by atoms with Crippen LogP contribution in [0.15, 0.2) is 63.8 Å². The highest BCUT2D eigenvalue weighted by Crippen LogP contribution is 2.29. The van der Waals surface area contributed by atoms with Crippen molar-refractivity contribution in [1.82, 2.24) is 4.98 Å². The van der Waals surface area contributed by atoms with Gasteiger partial charge >= 0.3 is 11.6 Å². The first-order valence-corrected chi connectivity index (χ1v) is 9.67. The molecule has 6 nitrogen and oxygen atoms in total. The van der Waals surface area contributed by atoms with Gasteiger partial charge in [0.2, 0.25) is 0 Å². The number of aromatic nitrogens is 1. The Hall–Kier alpha value is -3.45. The van der Waals surface area contributed by atoms with Crippen molar-refractivity contribution in [2.45, 2.75) is 13.5 Å². The molecule has 0 aliphatic carbocycles. The average molecular weight is 407 g/mol. The van der Waals surface area contributed by atoms with Gasteiger partial charge in [-0.1, -0.05) is 30.3 Å². The molecule has 2 aromatic heterocycles. The Labute approximate surface area is 170 Å². The summed E-state index contributed by atoms with van der Waals surface area (Å²) in [5.74, 6) is 0.0978. The molecule has 0 amide bonds. The molecule has 0 aliphatic heterocycles. The average Bonchev–Trinajstić information content (AvgIpc) is 3.13. The first-order valence-electron chi connectivity index (χ1n) is 8.86. The number of carbonyl (C=O) groups is 1. The molecule has 0 N–H and O–H groups in total. The molecule has 0 unspecified atom stereocenters. The number of ether oxygens (including phenoxy) is 2. The van der Waals surface area contributed by atoms with Gasteiger partial charge in [0.25, 0.3) is 0 Å². The highest BCUT2D eigenvalue weighted by molar-refractivity contribution is 7.17. The van der Waals surface area contributed by atoms with Crippen LogP contribution < -0.4 is 10.4 Å². The Morgan fingerprint density at radius 3 is 2.69 bits per heavy atom. The van der Waals surface area contributed by atoms with Gasteiger partial charge in [0.1, 0.15) is 27.8 Å². The van der Waals surface area contributed by atoms with E-state index in [0.717, 1.165) is 10.6 Å². The van der Waals surface area contributed by atoms with E-state index in [0.29, 0.717) is 32.9 Å². The normalized spacial score (nSPS) is 10.8. The van der Waals surface area contributed by atoms with E-state index in [1.807, 2.05) is 30.3 Å². The number of carbonyl (C=O) groups excluding carboxylic acids is 1. The van der Waals surface area contributed by atoms with E-state index in [1.165, 1.54) is 24.5 Å². The summed E-state index contributed by atoms with van der Waals surface area (Å²) in [5.41, 5.74) is 1.99. The van der Waals surface area contributed by atoms with Gasteiger partial charge in [-0.25, -0.2) is 14.6 Å². The van der Waals surface area contributed by atoms with E-state index in [1.54, 1.807) is 25.1 Å². The summed E-state index contributed by atoms with van der Waals surface area (Å²) < 4.78 is 15.9. The molecule has 0 fully saturated rings. The smallest absolute Gasteiger partial charge is 0.350 e. The predicted octanol–water partition coefficient (Wildman–Crippen LogP) is 4.59. The quantitative estimate of drug-likeness (QED) is 0.356. The number of methoxy groups -OCH3 is 1. The molecule has 2 aromatic carbocycles. The minimum Gasteiger partial charge on any atom is -0.497 e. The predicted molar refractivity (Wildman–Crippen MR) is 110 cm³/mol. The van der Waals surface area contributed by atoms with Gasteiger partial charge in [-0.05, 0) is 19.1 Å². The summed E-state index contributed by atoms with van der Waals surface area (Å²) in [6, 6.07) is 16.1. The fourth-order valence-corrected chi connectivity index (χ4v) is 3.92. The molecule has 0 bridgehead atoms. The van der Waals surface area contributed by atoms with Crippen molar-refractivity contribution in [2.24, 2.45) is 0 Å². The molecule has 2 heterocycles. The topological polar surface area (TPSA) is 78.6 Å². The van der Waals surface area contributed by atoms with Crippen LogP contribution >= 0.6 is 11.3 Å². The van der Waals surface area contributed by atoms with Crippen molar-refractivity contribution in [3.63, 3.8) is 0 Å². The maximum absolute atomic E-state index is 12.6. The fraction of sp³-hybridized carbons (Fsp3) is 0.136. The first kappa shape index (κ1) is 18.9. The van der Waals surface area contributed by atoms with Crippen molar-refractivity contribution >= 4 is 28.3 Å². The molecular formula is C22H17NO5S. The summed E-state index contributed by atoms with van der Waals surface area (Å²) in [5, 5.41) is 1.44. The van der Waals surface area contributed by atoms with Crippen molar-refractivity contribution < 1.29 is 18.7 Å². The third kappa shape index (κ3) is 3.90. The van der Waals surface area contributed by atoms with Crippen molar-refractivity contribution in [3.05, 3.63) is 81.2 Å². The Bertz CT molecular complexity index is 1240. The molecule has 0 atom stereocenters. The molecular weight excluding hydrogens is 390 g/mol. The van der Waals surface area contributed by atoms with Crippen LogP contribution in [-0.2, 0) is 11.3 Å². The lowest BCUT2D eigenvalue weighted by atomic mass is 10.1. The first-order chi connectivity index (χ1) is 14.0. The van der Waals surface area contributed by atoms with Crippen LogP contribution in [0.4, 0.5) is 0 Å². The zero-order valence-electron chi connectivity index (χ0n) is 15.8. The molecule has 0 saturated heterocycles. The number of hydrogen-bond donors (Lipinski definition) is 0. The lowest BCUT2D eigenvalue weighted by molar-refractivity contribution is 0.0478. The molecule has 0 aliphatic rings. The molecule has 146 valence electrons. The highest BCUT2D eigenvalue weighted by atomic mass is 32.1. The van der Waals surface area contributed by atoms with E-state index in [-0.39, 0.29) is 6.61 Å². The molecule has 7 heteroatoms. The Kier molecular flexibility index (Phi) is 5.14. The van der Waals surface area contributed by atoms with E-state index >= 15 is 0 Å². The second-order valence-corrected chi connectivity index (χ2v) is 7.33. The van der Waals surface area contributed by atoms with Crippen LogP contribution in [-0.4, -0.2) is 18.1 Å². The zero-order chi connectivity index (χ0) is 20.4. The van der Waals surface area contributed by atoms with Crippen LogP contribution in [0, 0.1) is 6.92 Å². The number of esters is 1. The van der Waals surface area contributed by atoms with Gasteiger partial charge in [-0.3, -0.25) is 0 Å². The fourth-order valence-electron chi connectivity index (χ4n) is 2.96. The van der Waals surface area contributed by atoms with Gasteiger partial charge in [-0.15, -0.1) is 11.3 Å². The van der Waals surface area contributed by atoms with Gasteiger partial charge in [0.15, 0.2) is 0 Å². The van der Waals surface area contributed by atoms with E-state index in [9.17, 15) is 9.59 Å². The maximum Gasteiger partial charge on any atom is 0.350 e. The summed E-state index contributed by atoms with van der Waals surface area (Å²) >= 11 is 1.29. The van der Waals surface area contributed by atoms with Crippen LogP contribution in [0.1, 0.15) is 20.9 Å². The van der Waals surface area contributed by atoms with Crippen molar-refractivity contribution in [1.29, 1.82) is 0 Å². The molecule has 0 radical (unpaired) electrons. The number of fused-ring (bicyclic) bond motifs is 1. The molecule has 29 heavy (non-hydrogen) atoms. The van der Waals surface area contributed by atoms with Gasteiger partial charge in [0.05, 0.1) is 12.8 Å². The minimum atomic E-state index is -0.517. The molecule has 4 rings (SSSR count). The second kappa shape index (κ2) is 7.89. The zero-order valence-corrected chi connectivity index (χ0v) is 16.6. The number of hydrogen-bond acceptors (Lipinski definition) is 7. The lowest BCUT2D eigenvalue weighted by Gasteiger charge is -2.08. The van der Waals surface area contributed by atoms with Crippen LogP contribution in [0.25, 0.3) is 21.5 Å². The number of nitrogens with zero attached hydrogens (tertiary/aromatic N) is 1. The van der Waals surface area contributed by atoms with Gasteiger partial charge in [-0.2, -0.15) is 0 Å². The highest BCUT2D eigenvalue weighted by Gasteiger charge is 2.18. The molecule has 0 saturated carbocycles. The summed E-state index contributed by atoms with van der Waals surface area (Å²) in [6.07, 6.45) is 0. The molecule has 4 aromatic rings. The minimum absolute atomic E-state index is 0.0503. The van der Waals surface area contributed by atoms with Crippen LogP contribution in [0.5, 0.6) is 5.75 Å². The van der Waals surface area contributed by atoms with Crippen molar-refractivity contribution in [3.8, 4) is 16.3 Å². The number of thiazole rings is 1. The third-order valence-electron chi connectivity index (χ3n) is 4.40. The summed E-state index contributed by atoms with van der Waals surface area (Å²) in [6.45, 7) is 1.73. The van der Waals surface area contributed by atoms with Crippen molar-refractivity contribution in [2.75, 3.05) is 7.11 Å². The Morgan fingerprint density at radius 2 is 1.93 bits per heavy atom. The second-order valence-electron chi connectivity index (χ2n) is 6.33. The monoisotopic (exact) mass is 407 g/mol. The summed E-state index contributed by atoms with van der Waals surface area (Å²) in [7, 11) is 1.53. The lowest BCUT2D eigenvalue weighted by Crippen LogP contribution is -2.07. The molecule has 0 spiro atoms. The number of rotatable bonds is 5. The number of aryl methyl sites for hydroxylation is 1. The van der Waals surface area contributed by atoms with Crippen LogP contribution in [0.2, 0.25) is 0 Å². The summed E-state index contributed by atoms with van der Waals surface area (Å²) in [4.78, 5) is 29.4. The maximum atomic E-state index is 12.6. The van der Waals surface area contributed by atoms with E-state index in [2.05, 4.69) is 4.98 Å². The van der Waals surface area contributed by atoms with Gasteiger partial charge < -0.3 is 13.9 Å². The number of benzene rings is 2. The third-order valence-corrected chi connectivity index (χ3v) is 5.59. The van der Waals surface area contributed by atoms with Crippen LogP contribution in [0.3, 0.4) is 0 Å². The largest absolute Gasteiger partial charge is 0.497 e. The van der Waals surface area contributed by atoms with Gasteiger partial charge in [0, 0.05) is 28.6 Å². The standard InChI is InChI=1S/C22H17NO5S/c1-13-20(29-21(23-13)14-6-4-3-5-7-14)22(25)27-12-15-10-19(24)28-18-11-16(26-2)8-9-17(15)18/h3-11H,12H2,1-2H3. The SMILES string of the molecule is COc1ccc2c(COC(=O)c3sc(-c4ccccc4)nc3C)cc(=O)oc2c1. The Morgan fingerprint density at radius 1 is 1.14 bits per heavy atom.